The second kappa shape index (κ2) is 7.77. The van der Waals surface area contributed by atoms with Crippen LogP contribution in [-0.2, 0) is 0 Å². The molecule has 1 N–H and O–H groups in total. The number of anilines is 1. The molecule has 0 saturated carbocycles. The van der Waals surface area contributed by atoms with Crippen LogP contribution in [-0.4, -0.2) is 37.5 Å². The molecule has 3 heterocycles. The average molecular weight is 430 g/mol. The molecule has 5 aromatic rings. The van der Waals surface area contributed by atoms with Gasteiger partial charge in [-0.25, -0.2) is 9.67 Å². The van der Waals surface area contributed by atoms with Crippen LogP contribution in [0.3, 0.4) is 0 Å². The van der Waals surface area contributed by atoms with E-state index in [-0.39, 0.29) is 11.6 Å². The smallest absolute Gasteiger partial charge is 0.279 e. The summed E-state index contributed by atoms with van der Waals surface area (Å²) in [5.74, 6) is 0.422. The second-order valence-electron chi connectivity index (χ2n) is 6.82. The Morgan fingerprint density at radius 1 is 1.16 bits per heavy atom. The quantitative estimate of drug-likeness (QED) is 0.444. The number of thiazole rings is 1. The minimum absolute atomic E-state index is 0.246. The monoisotopic (exact) mass is 430 g/mol. The van der Waals surface area contributed by atoms with Crippen LogP contribution < -0.4 is 10.1 Å². The first-order valence-corrected chi connectivity index (χ1v) is 10.6. The van der Waals surface area contributed by atoms with Crippen LogP contribution in [0.4, 0.5) is 5.13 Å². The van der Waals surface area contributed by atoms with Crippen molar-refractivity contribution >= 4 is 43.5 Å². The standard InChI is InChI=1S/C22H18N6O2S/c1-3-30-14-9-10-17-19(12-14)31-22(24-17)25-21(29)20-13(2)28(27-26-20)18-8-4-7-16-15(18)6-5-11-23-16/h4-12H,3H2,1-2H3,(H,24,25,29). The molecule has 0 fully saturated rings. The Morgan fingerprint density at radius 2 is 2.06 bits per heavy atom. The zero-order valence-corrected chi connectivity index (χ0v) is 17.7. The molecule has 2 aromatic carbocycles. The molecule has 1 amide bonds. The van der Waals surface area contributed by atoms with Crippen LogP contribution >= 0.6 is 11.3 Å². The van der Waals surface area contributed by atoms with E-state index in [9.17, 15) is 4.79 Å². The van der Waals surface area contributed by atoms with Crippen molar-refractivity contribution in [1.82, 2.24) is 25.0 Å². The number of amides is 1. The van der Waals surface area contributed by atoms with Crippen molar-refractivity contribution in [3.8, 4) is 11.4 Å². The summed E-state index contributed by atoms with van der Waals surface area (Å²) >= 11 is 1.38. The molecule has 31 heavy (non-hydrogen) atoms. The summed E-state index contributed by atoms with van der Waals surface area (Å²) in [4.78, 5) is 21.8. The van der Waals surface area contributed by atoms with E-state index >= 15 is 0 Å². The molecule has 9 heteroatoms. The number of benzene rings is 2. The van der Waals surface area contributed by atoms with Gasteiger partial charge in [-0.15, -0.1) is 5.10 Å². The SMILES string of the molecule is CCOc1ccc2nc(NC(=O)c3nnn(-c4cccc5ncccc45)c3C)sc2c1. The summed E-state index contributed by atoms with van der Waals surface area (Å²) < 4.78 is 8.12. The molecule has 0 aliphatic heterocycles. The zero-order valence-electron chi connectivity index (χ0n) is 16.9. The van der Waals surface area contributed by atoms with E-state index in [0.29, 0.717) is 17.4 Å². The van der Waals surface area contributed by atoms with E-state index < -0.39 is 0 Å². The lowest BCUT2D eigenvalue weighted by molar-refractivity contribution is 0.102. The minimum Gasteiger partial charge on any atom is -0.494 e. The number of aromatic nitrogens is 5. The fourth-order valence-electron chi connectivity index (χ4n) is 3.41. The minimum atomic E-state index is -0.355. The van der Waals surface area contributed by atoms with Gasteiger partial charge in [0.25, 0.3) is 5.91 Å². The number of nitrogens with one attached hydrogen (secondary N) is 1. The number of ether oxygens (including phenoxy) is 1. The number of fused-ring (bicyclic) bond motifs is 2. The Bertz CT molecular complexity index is 1420. The fraction of sp³-hybridized carbons (Fsp3) is 0.136. The lowest BCUT2D eigenvalue weighted by Crippen LogP contribution is -2.14. The third kappa shape index (κ3) is 3.49. The van der Waals surface area contributed by atoms with E-state index in [2.05, 4.69) is 25.6 Å². The highest BCUT2D eigenvalue weighted by Crippen LogP contribution is 2.30. The summed E-state index contributed by atoms with van der Waals surface area (Å²) in [6, 6.07) is 15.3. The Labute approximate surface area is 181 Å². The van der Waals surface area contributed by atoms with Gasteiger partial charge in [0, 0.05) is 11.6 Å². The molecule has 0 saturated heterocycles. The maximum absolute atomic E-state index is 12.9. The highest BCUT2D eigenvalue weighted by Gasteiger charge is 2.20. The third-order valence-electron chi connectivity index (χ3n) is 4.85. The summed E-state index contributed by atoms with van der Waals surface area (Å²) in [5.41, 5.74) is 3.34. The van der Waals surface area contributed by atoms with Crippen LogP contribution in [0.1, 0.15) is 23.1 Å². The van der Waals surface area contributed by atoms with Crippen LogP contribution in [0, 0.1) is 6.92 Å². The summed E-state index contributed by atoms with van der Waals surface area (Å²) in [7, 11) is 0. The number of carbonyl (C=O) groups is 1. The Hall–Kier alpha value is -3.85. The summed E-state index contributed by atoms with van der Waals surface area (Å²) in [6.07, 6.45) is 1.74. The lowest BCUT2D eigenvalue weighted by Gasteiger charge is -2.07. The molecular weight excluding hydrogens is 412 g/mol. The predicted octanol–water partition coefficient (Wildman–Crippen LogP) is 4.38. The zero-order chi connectivity index (χ0) is 21.4. The molecule has 3 aromatic heterocycles. The molecule has 0 radical (unpaired) electrons. The maximum Gasteiger partial charge on any atom is 0.279 e. The van der Waals surface area contributed by atoms with Gasteiger partial charge in [0.1, 0.15) is 5.75 Å². The highest BCUT2D eigenvalue weighted by molar-refractivity contribution is 7.22. The molecule has 0 aliphatic rings. The number of carbonyl (C=O) groups excluding carboxylic acids is 1. The van der Waals surface area contributed by atoms with E-state index in [0.717, 1.165) is 32.6 Å². The fourth-order valence-corrected chi connectivity index (χ4v) is 4.30. The van der Waals surface area contributed by atoms with Crippen LogP contribution in [0.15, 0.2) is 54.7 Å². The summed E-state index contributed by atoms with van der Waals surface area (Å²) in [5, 5.41) is 12.6. The molecular formula is C22H18N6O2S. The largest absolute Gasteiger partial charge is 0.494 e. The van der Waals surface area contributed by atoms with Gasteiger partial charge in [0.2, 0.25) is 0 Å². The first kappa shape index (κ1) is 19.1. The molecule has 0 aliphatic carbocycles. The third-order valence-corrected chi connectivity index (χ3v) is 5.79. The van der Waals surface area contributed by atoms with E-state index in [4.69, 9.17) is 4.74 Å². The van der Waals surface area contributed by atoms with Crippen molar-refractivity contribution in [2.75, 3.05) is 11.9 Å². The number of rotatable bonds is 5. The van der Waals surface area contributed by atoms with Crippen LogP contribution in [0.2, 0.25) is 0 Å². The number of hydrogen-bond donors (Lipinski definition) is 1. The molecule has 154 valence electrons. The van der Waals surface area contributed by atoms with Crippen LogP contribution in [0.25, 0.3) is 26.8 Å². The average Bonchev–Trinajstić information content (AvgIpc) is 3.36. The molecule has 0 atom stereocenters. The van der Waals surface area contributed by atoms with Gasteiger partial charge in [0.15, 0.2) is 10.8 Å². The van der Waals surface area contributed by atoms with Gasteiger partial charge in [-0.2, -0.15) is 0 Å². The second-order valence-corrected chi connectivity index (χ2v) is 7.85. The molecule has 8 nitrogen and oxygen atoms in total. The topological polar surface area (TPSA) is 94.8 Å². The molecule has 0 bridgehead atoms. The Morgan fingerprint density at radius 3 is 2.94 bits per heavy atom. The Kier molecular flexibility index (Phi) is 4.79. The number of pyridine rings is 1. The normalized spacial score (nSPS) is 11.2. The van der Waals surface area contributed by atoms with Crippen molar-refractivity contribution < 1.29 is 9.53 Å². The van der Waals surface area contributed by atoms with Gasteiger partial charge in [-0.3, -0.25) is 15.1 Å². The van der Waals surface area contributed by atoms with Crippen LogP contribution in [0.5, 0.6) is 5.75 Å². The van der Waals surface area contributed by atoms with Crippen molar-refractivity contribution in [3.63, 3.8) is 0 Å². The maximum atomic E-state index is 12.9. The van der Waals surface area contributed by atoms with Gasteiger partial charge >= 0.3 is 0 Å². The predicted molar refractivity (Wildman–Crippen MR) is 120 cm³/mol. The van der Waals surface area contributed by atoms with Gasteiger partial charge in [-0.05, 0) is 56.3 Å². The van der Waals surface area contributed by atoms with Crippen molar-refractivity contribution in [2.24, 2.45) is 0 Å². The van der Waals surface area contributed by atoms with E-state index in [1.54, 1.807) is 10.9 Å². The van der Waals surface area contributed by atoms with Gasteiger partial charge < -0.3 is 4.74 Å². The molecule has 0 unspecified atom stereocenters. The number of nitrogens with zero attached hydrogens (tertiary/aromatic N) is 5. The van der Waals surface area contributed by atoms with E-state index in [1.807, 2.05) is 62.4 Å². The van der Waals surface area contributed by atoms with Gasteiger partial charge in [0.05, 0.1) is 33.7 Å². The van der Waals surface area contributed by atoms with Crippen molar-refractivity contribution in [3.05, 3.63) is 66.1 Å². The molecule has 5 rings (SSSR count). The van der Waals surface area contributed by atoms with Gasteiger partial charge in [-0.1, -0.05) is 22.6 Å². The molecule has 0 spiro atoms. The van der Waals surface area contributed by atoms with Crippen molar-refractivity contribution in [1.29, 1.82) is 0 Å². The summed E-state index contributed by atoms with van der Waals surface area (Å²) in [6.45, 7) is 4.35. The first-order valence-electron chi connectivity index (χ1n) is 9.75. The highest BCUT2D eigenvalue weighted by atomic mass is 32.1. The lowest BCUT2D eigenvalue weighted by atomic mass is 10.2. The first-order chi connectivity index (χ1) is 15.1. The van der Waals surface area contributed by atoms with E-state index in [1.165, 1.54) is 11.3 Å². The Balaban J connectivity index is 1.44. The number of hydrogen-bond acceptors (Lipinski definition) is 7. The van der Waals surface area contributed by atoms with Crippen molar-refractivity contribution in [2.45, 2.75) is 13.8 Å².